The van der Waals surface area contributed by atoms with E-state index in [9.17, 15) is 9.18 Å². The molecule has 0 spiro atoms. The molecule has 156 valence electrons. The monoisotopic (exact) mass is 393 g/mol. The van der Waals surface area contributed by atoms with Crippen molar-refractivity contribution in [2.75, 3.05) is 50.8 Å². The van der Waals surface area contributed by atoms with Crippen molar-refractivity contribution in [1.82, 2.24) is 9.80 Å². The molecule has 3 rings (SSSR count). The Bertz CT molecular complexity index is 686. The lowest BCUT2D eigenvalue weighted by molar-refractivity contribution is 0.000440. The molecule has 2 saturated heterocycles. The van der Waals surface area contributed by atoms with Crippen LogP contribution in [0.2, 0.25) is 0 Å². The fraction of sp³-hybridized carbons (Fsp3) is 0.667. The van der Waals surface area contributed by atoms with Crippen molar-refractivity contribution in [3.05, 3.63) is 29.6 Å². The summed E-state index contributed by atoms with van der Waals surface area (Å²) in [6.45, 7) is 13.1. The molecule has 7 heteroatoms. The molecule has 2 aliphatic rings. The predicted octanol–water partition coefficient (Wildman–Crippen LogP) is 3.10. The number of benzene rings is 1. The van der Waals surface area contributed by atoms with Gasteiger partial charge in [-0.25, -0.2) is 9.18 Å². The van der Waals surface area contributed by atoms with Crippen molar-refractivity contribution in [3.8, 4) is 0 Å². The van der Waals surface area contributed by atoms with Crippen molar-refractivity contribution in [2.24, 2.45) is 0 Å². The van der Waals surface area contributed by atoms with Crippen LogP contribution in [0.5, 0.6) is 0 Å². The highest BCUT2D eigenvalue weighted by molar-refractivity contribution is 5.68. The molecule has 1 unspecified atom stereocenters. The van der Waals surface area contributed by atoms with Gasteiger partial charge in [0.1, 0.15) is 11.4 Å². The highest BCUT2D eigenvalue weighted by Gasteiger charge is 2.31. The van der Waals surface area contributed by atoms with Crippen molar-refractivity contribution >= 4 is 11.8 Å². The summed E-state index contributed by atoms with van der Waals surface area (Å²) < 4.78 is 25.5. The second-order valence-electron chi connectivity index (χ2n) is 8.63. The highest BCUT2D eigenvalue weighted by atomic mass is 19.1. The number of hydrogen-bond acceptors (Lipinski definition) is 5. The molecule has 1 aromatic rings. The average molecular weight is 394 g/mol. The fourth-order valence-electron chi connectivity index (χ4n) is 3.69. The first-order valence-corrected chi connectivity index (χ1v) is 10.1. The summed E-state index contributed by atoms with van der Waals surface area (Å²) >= 11 is 0. The Hall–Kier alpha value is -1.86. The normalized spacial score (nSPS) is 21.7. The number of piperazine rings is 1. The minimum Gasteiger partial charge on any atom is -0.444 e. The second-order valence-corrected chi connectivity index (χ2v) is 8.63. The maximum atomic E-state index is 14.7. The van der Waals surface area contributed by atoms with Crippen molar-refractivity contribution < 1.29 is 18.7 Å². The quantitative estimate of drug-likeness (QED) is 0.790. The molecule has 1 atom stereocenters. The van der Waals surface area contributed by atoms with Gasteiger partial charge in [0.05, 0.1) is 13.2 Å². The number of halogens is 1. The van der Waals surface area contributed by atoms with Gasteiger partial charge in [-0.3, -0.25) is 4.90 Å². The predicted molar refractivity (Wildman–Crippen MR) is 107 cm³/mol. The van der Waals surface area contributed by atoms with Gasteiger partial charge in [-0.15, -0.1) is 0 Å². The van der Waals surface area contributed by atoms with Crippen LogP contribution in [0.15, 0.2) is 18.2 Å². The molecule has 6 nitrogen and oxygen atoms in total. The Morgan fingerprint density at radius 3 is 2.54 bits per heavy atom. The Morgan fingerprint density at radius 1 is 1.21 bits per heavy atom. The van der Waals surface area contributed by atoms with Crippen LogP contribution < -0.4 is 4.90 Å². The number of anilines is 1. The van der Waals surface area contributed by atoms with E-state index in [2.05, 4.69) is 9.80 Å². The lowest BCUT2D eigenvalue weighted by Crippen LogP contribution is -2.54. The van der Waals surface area contributed by atoms with Crippen LogP contribution in [-0.4, -0.2) is 73.5 Å². The third kappa shape index (κ3) is 5.35. The van der Waals surface area contributed by atoms with Crippen LogP contribution in [0, 0.1) is 5.82 Å². The Kier molecular flexibility index (Phi) is 6.45. The molecule has 0 radical (unpaired) electrons. The molecule has 2 heterocycles. The Labute approximate surface area is 167 Å². The third-order valence-corrected chi connectivity index (χ3v) is 5.15. The van der Waals surface area contributed by atoms with E-state index in [4.69, 9.17) is 9.47 Å². The summed E-state index contributed by atoms with van der Waals surface area (Å²) in [6, 6.07) is 5.52. The fourth-order valence-corrected chi connectivity index (χ4v) is 3.69. The Morgan fingerprint density at radius 2 is 1.93 bits per heavy atom. The minimum atomic E-state index is -0.501. The van der Waals surface area contributed by atoms with Crippen LogP contribution in [0.1, 0.15) is 33.3 Å². The molecule has 0 aromatic heterocycles. The zero-order valence-electron chi connectivity index (χ0n) is 17.4. The largest absolute Gasteiger partial charge is 0.444 e. The number of hydrogen-bond donors (Lipinski definition) is 0. The molecule has 1 aromatic carbocycles. The molecule has 2 fully saturated rings. The molecule has 0 aliphatic carbocycles. The van der Waals surface area contributed by atoms with Crippen LogP contribution in [0.4, 0.5) is 14.9 Å². The number of amides is 1. The van der Waals surface area contributed by atoms with E-state index < -0.39 is 5.60 Å². The van der Waals surface area contributed by atoms with Crippen molar-refractivity contribution in [2.45, 2.75) is 45.9 Å². The van der Waals surface area contributed by atoms with Gasteiger partial charge in [0.25, 0.3) is 0 Å². The standard InChI is InChI=1S/C21H32FN3O3/c1-16-14-23(7-8-25(16)20(26)28-21(2,3)4)15-17-5-6-18(13-19(17)22)24-9-11-27-12-10-24/h5-6,13,16H,7-12,14-15H2,1-4H3. The van der Waals surface area contributed by atoms with E-state index in [-0.39, 0.29) is 18.0 Å². The van der Waals surface area contributed by atoms with E-state index in [0.717, 1.165) is 18.8 Å². The number of ether oxygens (including phenoxy) is 2. The van der Waals surface area contributed by atoms with E-state index in [1.54, 1.807) is 11.0 Å². The van der Waals surface area contributed by atoms with E-state index in [1.807, 2.05) is 39.8 Å². The SMILES string of the molecule is CC1CN(Cc2ccc(N3CCOCC3)cc2F)CCN1C(=O)OC(C)(C)C. The molecule has 1 amide bonds. The Balaban J connectivity index is 1.57. The molecule has 2 aliphatic heterocycles. The average Bonchev–Trinajstić information content (AvgIpc) is 2.62. The van der Waals surface area contributed by atoms with E-state index in [0.29, 0.717) is 45.0 Å². The van der Waals surface area contributed by atoms with Crippen LogP contribution in [-0.2, 0) is 16.0 Å². The summed E-state index contributed by atoms with van der Waals surface area (Å²) in [5, 5.41) is 0. The summed E-state index contributed by atoms with van der Waals surface area (Å²) in [5.74, 6) is -0.175. The molecule has 28 heavy (non-hydrogen) atoms. The van der Waals surface area contributed by atoms with Gasteiger partial charge in [0.2, 0.25) is 0 Å². The van der Waals surface area contributed by atoms with Gasteiger partial charge in [0, 0.05) is 56.6 Å². The maximum absolute atomic E-state index is 14.7. The number of morpholine rings is 1. The van der Waals surface area contributed by atoms with Crippen LogP contribution in [0.3, 0.4) is 0 Å². The molecule has 0 N–H and O–H groups in total. The maximum Gasteiger partial charge on any atom is 0.410 e. The molecule has 0 saturated carbocycles. The van der Waals surface area contributed by atoms with E-state index in [1.165, 1.54) is 0 Å². The minimum absolute atomic E-state index is 0.0271. The summed E-state index contributed by atoms with van der Waals surface area (Å²) in [5.41, 5.74) is 1.10. The van der Waals surface area contributed by atoms with Crippen LogP contribution >= 0.6 is 0 Å². The third-order valence-electron chi connectivity index (χ3n) is 5.15. The summed E-state index contributed by atoms with van der Waals surface area (Å²) in [7, 11) is 0. The van der Waals surface area contributed by atoms with Gasteiger partial charge in [0.15, 0.2) is 0 Å². The van der Waals surface area contributed by atoms with Gasteiger partial charge in [-0.05, 0) is 39.8 Å². The van der Waals surface area contributed by atoms with Gasteiger partial charge in [-0.2, -0.15) is 0 Å². The number of rotatable bonds is 3. The van der Waals surface area contributed by atoms with E-state index >= 15 is 0 Å². The summed E-state index contributed by atoms with van der Waals surface area (Å²) in [4.78, 5) is 18.4. The number of carbonyl (C=O) groups is 1. The lowest BCUT2D eigenvalue weighted by atomic mass is 10.1. The second kappa shape index (κ2) is 8.66. The molecular weight excluding hydrogens is 361 g/mol. The highest BCUT2D eigenvalue weighted by Crippen LogP contribution is 2.22. The molecular formula is C21H32FN3O3. The lowest BCUT2D eigenvalue weighted by Gasteiger charge is -2.40. The topological polar surface area (TPSA) is 45.2 Å². The summed E-state index contributed by atoms with van der Waals surface area (Å²) in [6.07, 6.45) is -0.277. The van der Waals surface area contributed by atoms with Crippen molar-refractivity contribution in [3.63, 3.8) is 0 Å². The first kappa shape index (κ1) is 20.9. The van der Waals surface area contributed by atoms with Gasteiger partial charge in [-0.1, -0.05) is 6.07 Å². The van der Waals surface area contributed by atoms with Gasteiger partial charge < -0.3 is 19.3 Å². The smallest absolute Gasteiger partial charge is 0.410 e. The van der Waals surface area contributed by atoms with Crippen LogP contribution in [0.25, 0.3) is 0 Å². The first-order valence-electron chi connectivity index (χ1n) is 10.1. The van der Waals surface area contributed by atoms with Gasteiger partial charge >= 0.3 is 6.09 Å². The molecule has 0 bridgehead atoms. The van der Waals surface area contributed by atoms with Crippen molar-refractivity contribution in [1.29, 1.82) is 0 Å². The zero-order chi connectivity index (χ0) is 20.3. The number of nitrogens with zero attached hydrogens (tertiary/aromatic N) is 3. The zero-order valence-corrected chi connectivity index (χ0v) is 17.4. The first-order chi connectivity index (χ1) is 13.2. The number of carbonyl (C=O) groups excluding carboxylic acids is 1.